The maximum atomic E-state index is 12.7. The van der Waals surface area contributed by atoms with Crippen LogP contribution in [0.15, 0.2) is 24.3 Å². The fourth-order valence-electron chi connectivity index (χ4n) is 2.15. The molecule has 0 saturated carbocycles. The van der Waals surface area contributed by atoms with Gasteiger partial charge < -0.3 is 14.4 Å². The van der Waals surface area contributed by atoms with E-state index in [1.54, 1.807) is 6.92 Å². The summed E-state index contributed by atoms with van der Waals surface area (Å²) in [6.45, 7) is 1.44. The Labute approximate surface area is 165 Å². The molecular weight excluding hydrogens is 399 g/mol. The first kappa shape index (κ1) is 23.8. The molecule has 0 radical (unpaired) electrons. The first-order chi connectivity index (χ1) is 13.2. The fraction of sp³-hybridized carbons (Fsp3) is 0.500. The van der Waals surface area contributed by atoms with Crippen LogP contribution in [0.5, 0.6) is 0 Å². The summed E-state index contributed by atoms with van der Waals surface area (Å²) < 4.78 is 47.3. The number of carbonyl (C=O) groups excluding carboxylic acids is 3. The van der Waals surface area contributed by atoms with Crippen molar-refractivity contribution in [3.8, 4) is 0 Å². The number of ether oxygens (including phenoxy) is 2. The van der Waals surface area contributed by atoms with Crippen molar-refractivity contribution in [3.05, 3.63) is 35.4 Å². The molecule has 28 heavy (non-hydrogen) atoms. The van der Waals surface area contributed by atoms with E-state index in [9.17, 15) is 27.6 Å². The van der Waals surface area contributed by atoms with Crippen LogP contribution in [0.25, 0.3) is 0 Å². The van der Waals surface area contributed by atoms with Crippen molar-refractivity contribution >= 4 is 29.6 Å². The molecule has 0 fully saturated rings. The van der Waals surface area contributed by atoms with Crippen LogP contribution in [0.1, 0.15) is 24.5 Å². The zero-order valence-corrected chi connectivity index (χ0v) is 16.4. The highest BCUT2D eigenvalue weighted by Gasteiger charge is 2.30. The number of amides is 1. The molecule has 0 bridgehead atoms. The maximum absolute atomic E-state index is 12.7. The zero-order chi connectivity index (χ0) is 21.2. The molecule has 0 aliphatic carbocycles. The van der Waals surface area contributed by atoms with Crippen LogP contribution in [-0.4, -0.2) is 54.5 Å². The second kappa shape index (κ2) is 11.6. The van der Waals surface area contributed by atoms with Crippen LogP contribution in [0.3, 0.4) is 0 Å². The highest BCUT2D eigenvalue weighted by Crippen LogP contribution is 2.29. The summed E-state index contributed by atoms with van der Waals surface area (Å²) in [5.74, 6) is -0.957. The number of benzene rings is 1. The number of thioether (sulfide) groups is 1. The second-order valence-electron chi connectivity index (χ2n) is 5.63. The zero-order valence-electron chi connectivity index (χ0n) is 15.6. The van der Waals surface area contributed by atoms with Crippen LogP contribution in [-0.2, 0) is 36.6 Å². The normalized spacial score (nSPS) is 11.0. The summed E-state index contributed by atoms with van der Waals surface area (Å²) in [5, 5.41) is 0. The van der Waals surface area contributed by atoms with Gasteiger partial charge in [0, 0.05) is 18.7 Å². The third-order valence-electron chi connectivity index (χ3n) is 3.54. The quantitative estimate of drug-likeness (QED) is 0.427. The topological polar surface area (TPSA) is 72.9 Å². The van der Waals surface area contributed by atoms with E-state index in [-0.39, 0.29) is 37.8 Å². The predicted molar refractivity (Wildman–Crippen MR) is 97.5 cm³/mol. The van der Waals surface area contributed by atoms with Crippen molar-refractivity contribution in [2.24, 2.45) is 0 Å². The average Bonchev–Trinajstić information content (AvgIpc) is 2.64. The summed E-state index contributed by atoms with van der Waals surface area (Å²) in [6.07, 6.45) is -4.39. The summed E-state index contributed by atoms with van der Waals surface area (Å²) in [7, 11) is 1.26. The molecule has 0 atom stereocenters. The van der Waals surface area contributed by atoms with Gasteiger partial charge in [-0.05, 0) is 24.6 Å². The molecule has 0 saturated heterocycles. The monoisotopic (exact) mass is 421 g/mol. The lowest BCUT2D eigenvalue weighted by Gasteiger charge is -2.22. The molecule has 0 aliphatic rings. The van der Waals surface area contributed by atoms with E-state index in [0.717, 1.165) is 12.1 Å². The largest absolute Gasteiger partial charge is 0.468 e. The standard InChI is InChI=1S/C18H22F3NO5S/c1-3-27-16(24)11-22(15(23)8-9-28-12-17(25)26-2)10-13-4-6-14(7-5-13)18(19,20)21/h4-7H,3,8-12H2,1-2H3. The Morgan fingerprint density at radius 2 is 1.75 bits per heavy atom. The minimum absolute atomic E-state index is 0.0303. The molecule has 1 amide bonds. The minimum atomic E-state index is -4.45. The smallest absolute Gasteiger partial charge is 0.416 e. The number of methoxy groups -OCH3 is 1. The van der Waals surface area contributed by atoms with Gasteiger partial charge in [0.1, 0.15) is 6.54 Å². The molecule has 0 spiro atoms. The molecule has 0 heterocycles. The van der Waals surface area contributed by atoms with Crippen LogP contribution in [0.4, 0.5) is 13.2 Å². The third-order valence-corrected chi connectivity index (χ3v) is 4.47. The number of halogens is 3. The van der Waals surface area contributed by atoms with E-state index in [1.807, 2.05) is 0 Å². The lowest BCUT2D eigenvalue weighted by Crippen LogP contribution is -2.36. The van der Waals surface area contributed by atoms with Crippen molar-refractivity contribution in [1.82, 2.24) is 4.90 Å². The van der Waals surface area contributed by atoms with Crippen molar-refractivity contribution in [2.75, 3.05) is 31.8 Å². The van der Waals surface area contributed by atoms with Crippen molar-refractivity contribution < 1.29 is 37.0 Å². The Morgan fingerprint density at radius 3 is 2.29 bits per heavy atom. The van der Waals surface area contributed by atoms with E-state index in [2.05, 4.69) is 4.74 Å². The molecule has 1 aromatic carbocycles. The lowest BCUT2D eigenvalue weighted by atomic mass is 10.1. The number of rotatable bonds is 10. The molecule has 6 nitrogen and oxygen atoms in total. The third kappa shape index (κ3) is 8.64. The van der Waals surface area contributed by atoms with Crippen molar-refractivity contribution in [2.45, 2.75) is 26.1 Å². The SMILES string of the molecule is CCOC(=O)CN(Cc1ccc(C(F)(F)F)cc1)C(=O)CCSCC(=O)OC. The second-order valence-corrected chi connectivity index (χ2v) is 6.73. The Kier molecular flexibility index (Phi) is 9.84. The number of carbonyl (C=O) groups is 3. The first-order valence-corrected chi connectivity index (χ1v) is 9.57. The molecule has 0 N–H and O–H groups in total. The van der Waals surface area contributed by atoms with Gasteiger partial charge in [-0.3, -0.25) is 14.4 Å². The summed E-state index contributed by atoms with van der Waals surface area (Å²) in [5.41, 5.74) is -0.341. The highest BCUT2D eigenvalue weighted by atomic mass is 32.2. The summed E-state index contributed by atoms with van der Waals surface area (Å²) in [4.78, 5) is 36.5. The van der Waals surface area contributed by atoms with Crippen LogP contribution in [0.2, 0.25) is 0 Å². The molecule has 0 aromatic heterocycles. The van der Waals surface area contributed by atoms with Gasteiger partial charge in [0.15, 0.2) is 0 Å². The highest BCUT2D eigenvalue weighted by molar-refractivity contribution is 7.99. The average molecular weight is 421 g/mol. The summed E-state index contributed by atoms with van der Waals surface area (Å²) >= 11 is 1.21. The molecule has 0 aliphatic heterocycles. The fourth-order valence-corrected chi connectivity index (χ4v) is 2.89. The Morgan fingerprint density at radius 1 is 1.11 bits per heavy atom. The van der Waals surface area contributed by atoms with Gasteiger partial charge in [0.05, 0.1) is 25.0 Å². The van der Waals surface area contributed by atoms with Gasteiger partial charge in [-0.25, -0.2) is 0 Å². The van der Waals surface area contributed by atoms with E-state index in [0.29, 0.717) is 11.3 Å². The van der Waals surface area contributed by atoms with Crippen LogP contribution in [0, 0.1) is 0 Å². The van der Waals surface area contributed by atoms with Gasteiger partial charge in [-0.15, -0.1) is 11.8 Å². The number of nitrogens with zero attached hydrogens (tertiary/aromatic N) is 1. The lowest BCUT2D eigenvalue weighted by molar-refractivity contribution is -0.149. The van der Waals surface area contributed by atoms with E-state index >= 15 is 0 Å². The molecule has 1 aromatic rings. The number of hydrogen-bond acceptors (Lipinski definition) is 6. The van der Waals surface area contributed by atoms with Crippen LogP contribution < -0.4 is 0 Å². The van der Waals surface area contributed by atoms with Gasteiger partial charge in [0.25, 0.3) is 0 Å². The van der Waals surface area contributed by atoms with E-state index in [4.69, 9.17) is 4.74 Å². The van der Waals surface area contributed by atoms with Gasteiger partial charge in [0.2, 0.25) is 5.91 Å². The molecule has 1 rings (SSSR count). The number of hydrogen-bond donors (Lipinski definition) is 0. The minimum Gasteiger partial charge on any atom is -0.468 e. The van der Waals surface area contributed by atoms with E-state index in [1.165, 1.54) is 35.9 Å². The Hall–Kier alpha value is -2.23. The van der Waals surface area contributed by atoms with Gasteiger partial charge in [-0.2, -0.15) is 13.2 Å². The summed E-state index contributed by atoms with van der Waals surface area (Å²) in [6, 6.07) is 4.38. The maximum Gasteiger partial charge on any atom is 0.416 e. The Bertz CT molecular complexity index is 664. The number of esters is 2. The Balaban J connectivity index is 2.74. The first-order valence-electron chi connectivity index (χ1n) is 8.41. The van der Waals surface area contributed by atoms with Crippen molar-refractivity contribution in [1.29, 1.82) is 0 Å². The van der Waals surface area contributed by atoms with Gasteiger partial charge in [-0.1, -0.05) is 12.1 Å². The molecule has 0 unspecified atom stereocenters. The van der Waals surface area contributed by atoms with Crippen molar-refractivity contribution in [3.63, 3.8) is 0 Å². The molecule has 10 heteroatoms. The number of alkyl halides is 3. The van der Waals surface area contributed by atoms with Crippen LogP contribution >= 0.6 is 11.8 Å². The predicted octanol–water partition coefficient (Wildman–Crippen LogP) is 2.89. The molecular formula is C18H22F3NO5S. The van der Waals surface area contributed by atoms with E-state index < -0.39 is 23.7 Å². The molecule has 156 valence electrons. The van der Waals surface area contributed by atoms with Gasteiger partial charge >= 0.3 is 18.1 Å².